The molecule has 0 radical (unpaired) electrons. The molecule has 0 bridgehead atoms. The molecule has 0 heterocycles. The molecule has 0 atom stereocenters. The maximum absolute atomic E-state index is 11.8. The Bertz CT molecular complexity index is 495. The monoisotopic (exact) mass is 267 g/mol. The highest BCUT2D eigenvalue weighted by Gasteiger charge is 2.12. The van der Waals surface area contributed by atoms with Crippen LogP contribution < -0.4 is 0 Å². The predicted molar refractivity (Wildman–Crippen MR) is 69.9 cm³/mol. The Kier molecular flexibility index (Phi) is 4.92. The van der Waals surface area contributed by atoms with Crippen molar-refractivity contribution in [1.29, 1.82) is 0 Å². The van der Waals surface area contributed by atoms with Crippen LogP contribution in [0.3, 0.4) is 0 Å². The molecule has 0 aliphatic rings. The summed E-state index contributed by atoms with van der Waals surface area (Å²) in [5, 5.41) is 0.200. The Morgan fingerprint density at radius 1 is 1.33 bits per heavy atom. The summed E-state index contributed by atoms with van der Waals surface area (Å²) >= 11 is 5.92. The molecule has 0 aliphatic heterocycles. The van der Waals surface area contributed by atoms with Crippen molar-refractivity contribution >= 4 is 23.4 Å². The molecule has 1 rings (SSSR count). The van der Waals surface area contributed by atoms with E-state index in [1.54, 1.807) is 17.2 Å². The van der Waals surface area contributed by atoms with Crippen LogP contribution in [0.2, 0.25) is 5.02 Å². The minimum atomic E-state index is -0.525. The average Bonchev–Trinajstić information content (AvgIpc) is 2.34. The van der Waals surface area contributed by atoms with Crippen LogP contribution in [0.4, 0.5) is 0 Å². The smallest absolute Gasteiger partial charge is 0.339 e. The molecule has 0 aromatic heterocycles. The maximum Gasteiger partial charge on any atom is 0.339 e. The van der Waals surface area contributed by atoms with E-state index in [4.69, 9.17) is 11.6 Å². The number of carbonyl (C=O) groups is 2. The van der Waals surface area contributed by atoms with Crippen LogP contribution in [0.5, 0.6) is 0 Å². The lowest BCUT2D eigenvalue weighted by molar-refractivity contribution is 0.0600. The van der Waals surface area contributed by atoms with Gasteiger partial charge in [0.15, 0.2) is 5.78 Å². The minimum absolute atomic E-state index is 0.179. The van der Waals surface area contributed by atoms with Gasteiger partial charge in [0.05, 0.1) is 17.7 Å². The molecule has 1 aromatic rings. The molecule has 5 heteroatoms. The Balaban J connectivity index is 2.97. The Morgan fingerprint density at radius 3 is 2.50 bits per heavy atom. The fraction of sp³-hybridized carbons (Fsp3) is 0.231. The van der Waals surface area contributed by atoms with Crippen molar-refractivity contribution < 1.29 is 14.3 Å². The van der Waals surface area contributed by atoms with Crippen molar-refractivity contribution in [3.8, 4) is 0 Å². The lowest BCUT2D eigenvalue weighted by atomic mass is 10.1. The Morgan fingerprint density at radius 2 is 2.00 bits per heavy atom. The van der Waals surface area contributed by atoms with E-state index in [0.717, 1.165) is 0 Å². The predicted octanol–water partition coefficient (Wildman–Crippen LogP) is 2.38. The third-order valence-electron chi connectivity index (χ3n) is 2.18. The number of carbonyl (C=O) groups excluding carboxylic acids is 2. The maximum atomic E-state index is 11.8. The van der Waals surface area contributed by atoms with Crippen LogP contribution in [-0.2, 0) is 4.74 Å². The summed E-state index contributed by atoms with van der Waals surface area (Å²) in [6.07, 6.45) is 3.08. The topological polar surface area (TPSA) is 46.6 Å². The third kappa shape index (κ3) is 3.60. The summed E-state index contributed by atoms with van der Waals surface area (Å²) in [5.74, 6) is -0.704. The van der Waals surface area contributed by atoms with E-state index in [2.05, 4.69) is 4.74 Å². The van der Waals surface area contributed by atoms with Gasteiger partial charge in [-0.2, -0.15) is 0 Å². The Hall–Kier alpha value is -1.81. The van der Waals surface area contributed by atoms with Gasteiger partial charge < -0.3 is 9.64 Å². The molecule has 0 unspecified atom stereocenters. The summed E-state index contributed by atoms with van der Waals surface area (Å²) in [6.45, 7) is 0. The highest BCUT2D eigenvalue weighted by Crippen LogP contribution is 2.19. The summed E-state index contributed by atoms with van der Waals surface area (Å²) in [5.41, 5.74) is 0.665. The first kappa shape index (κ1) is 14.3. The molecule has 0 saturated heterocycles. The normalized spacial score (nSPS) is 10.4. The highest BCUT2D eigenvalue weighted by molar-refractivity contribution is 6.34. The van der Waals surface area contributed by atoms with Gasteiger partial charge in [-0.25, -0.2) is 4.79 Å². The van der Waals surface area contributed by atoms with Crippen molar-refractivity contribution in [3.05, 3.63) is 46.6 Å². The minimum Gasteiger partial charge on any atom is -0.465 e. The van der Waals surface area contributed by atoms with E-state index >= 15 is 0 Å². The third-order valence-corrected chi connectivity index (χ3v) is 2.50. The molecule has 0 N–H and O–H groups in total. The van der Waals surface area contributed by atoms with E-state index in [9.17, 15) is 9.59 Å². The zero-order valence-electron chi connectivity index (χ0n) is 10.4. The number of halogens is 1. The van der Waals surface area contributed by atoms with Crippen LogP contribution in [-0.4, -0.2) is 37.9 Å². The average molecular weight is 268 g/mol. The number of nitrogens with zero attached hydrogens (tertiary/aromatic N) is 1. The van der Waals surface area contributed by atoms with Crippen molar-refractivity contribution in [2.24, 2.45) is 0 Å². The molecule has 96 valence electrons. The van der Waals surface area contributed by atoms with Crippen molar-refractivity contribution in [2.75, 3.05) is 21.2 Å². The first-order valence-electron chi connectivity index (χ1n) is 5.22. The highest BCUT2D eigenvalue weighted by atomic mass is 35.5. The number of ether oxygens (including phenoxy) is 1. The molecule has 0 aliphatic carbocycles. The first-order valence-corrected chi connectivity index (χ1v) is 5.60. The quantitative estimate of drug-likeness (QED) is 0.477. The van der Waals surface area contributed by atoms with Gasteiger partial charge in [0.25, 0.3) is 0 Å². The molecule has 1 aromatic carbocycles. The van der Waals surface area contributed by atoms with Gasteiger partial charge >= 0.3 is 5.97 Å². The second kappa shape index (κ2) is 6.21. The van der Waals surface area contributed by atoms with E-state index in [1.165, 1.54) is 25.3 Å². The van der Waals surface area contributed by atoms with E-state index < -0.39 is 5.97 Å². The number of benzene rings is 1. The van der Waals surface area contributed by atoms with Gasteiger partial charge in [-0.05, 0) is 12.1 Å². The number of esters is 1. The lowest BCUT2D eigenvalue weighted by Crippen LogP contribution is -2.05. The van der Waals surface area contributed by atoms with Crippen LogP contribution in [0.25, 0.3) is 0 Å². The number of ketones is 1. The van der Waals surface area contributed by atoms with Gasteiger partial charge in [-0.15, -0.1) is 0 Å². The molecule has 0 fully saturated rings. The fourth-order valence-electron chi connectivity index (χ4n) is 1.26. The van der Waals surface area contributed by atoms with Gasteiger partial charge in [-0.3, -0.25) is 4.79 Å². The molecule has 4 nitrogen and oxygen atoms in total. The number of hydrogen-bond acceptors (Lipinski definition) is 4. The van der Waals surface area contributed by atoms with Gasteiger partial charge in [-0.1, -0.05) is 17.7 Å². The fourth-order valence-corrected chi connectivity index (χ4v) is 1.51. The second-order valence-electron chi connectivity index (χ2n) is 3.83. The van der Waals surface area contributed by atoms with Crippen LogP contribution >= 0.6 is 11.6 Å². The summed E-state index contributed by atoms with van der Waals surface area (Å²) in [7, 11) is 4.91. The largest absolute Gasteiger partial charge is 0.465 e. The molecular weight excluding hydrogens is 254 g/mol. The zero-order valence-corrected chi connectivity index (χ0v) is 11.2. The number of methoxy groups -OCH3 is 1. The zero-order chi connectivity index (χ0) is 13.7. The van der Waals surface area contributed by atoms with Crippen molar-refractivity contribution in [1.82, 2.24) is 4.90 Å². The van der Waals surface area contributed by atoms with Gasteiger partial charge in [0, 0.05) is 31.9 Å². The number of allylic oxidation sites excluding steroid dienone is 1. The van der Waals surface area contributed by atoms with Gasteiger partial charge in [0.1, 0.15) is 0 Å². The second-order valence-corrected chi connectivity index (χ2v) is 4.24. The molecule has 18 heavy (non-hydrogen) atoms. The SMILES string of the molecule is COC(=O)c1ccc(C(=O)C=CN(C)C)cc1Cl. The van der Waals surface area contributed by atoms with E-state index in [-0.39, 0.29) is 16.4 Å². The van der Waals surface area contributed by atoms with Crippen molar-refractivity contribution in [3.63, 3.8) is 0 Å². The first-order chi connectivity index (χ1) is 8.45. The number of hydrogen-bond donors (Lipinski definition) is 0. The van der Waals surface area contributed by atoms with Gasteiger partial charge in [0.2, 0.25) is 0 Å². The molecule has 0 amide bonds. The van der Waals surface area contributed by atoms with Crippen LogP contribution in [0, 0.1) is 0 Å². The van der Waals surface area contributed by atoms with Crippen LogP contribution in [0.15, 0.2) is 30.5 Å². The Labute approximate surface area is 111 Å². The van der Waals surface area contributed by atoms with E-state index in [0.29, 0.717) is 5.56 Å². The summed E-state index contributed by atoms with van der Waals surface area (Å²) in [6, 6.07) is 4.47. The number of rotatable bonds is 4. The lowest BCUT2D eigenvalue weighted by Gasteiger charge is -2.05. The standard InChI is InChI=1S/C13H14ClNO3/c1-15(2)7-6-12(16)9-4-5-10(11(14)8-9)13(17)18-3/h4-8H,1-3H3. The molecular formula is C13H14ClNO3. The summed E-state index contributed by atoms with van der Waals surface area (Å²) in [4.78, 5) is 24.8. The molecule has 0 saturated carbocycles. The van der Waals surface area contributed by atoms with Crippen molar-refractivity contribution in [2.45, 2.75) is 0 Å². The summed E-state index contributed by atoms with van der Waals surface area (Å²) < 4.78 is 4.57. The van der Waals surface area contributed by atoms with Crippen LogP contribution in [0.1, 0.15) is 20.7 Å². The molecule has 0 spiro atoms. The van der Waals surface area contributed by atoms with E-state index in [1.807, 2.05) is 14.1 Å².